The number of nitrogens with zero attached hydrogens (tertiary/aromatic N) is 2. The molecule has 1 aliphatic carbocycles. The van der Waals surface area contributed by atoms with Gasteiger partial charge in [-0.15, -0.1) is 0 Å². The minimum Gasteiger partial charge on any atom is -0.344 e. The van der Waals surface area contributed by atoms with Crippen molar-refractivity contribution in [3.05, 3.63) is 23.3 Å². The molecule has 4 nitrogen and oxygen atoms in total. The molecule has 0 fully saturated rings. The SMILES string of the molecule is CC(=O)N(C)CCN(C)C(=O)/C=C/C1=C(C)CCCC1(C)C. The predicted octanol–water partition coefficient (Wildman–Crippen LogP) is 3.01. The lowest BCUT2D eigenvalue weighted by Gasteiger charge is -2.33. The second-order valence-corrected chi connectivity index (χ2v) is 6.97. The van der Waals surface area contributed by atoms with Crippen LogP contribution in [0.1, 0.15) is 47.0 Å². The van der Waals surface area contributed by atoms with Crippen LogP contribution in [0.25, 0.3) is 0 Å². The van der Waals surface area contributed by atoms with Gasteiger partial charge in [-0.1, -0.05) is 25.5 Å². The van der Waals surface area contributed by atoms with Crippen LogP contribution >= 0.6 is 0 Å². The molecule has 0 saturated heterocycles. The van der Waals surface area contributed by atoms with Crippen molar-refractivity contribution in [1.82, 2.24) is 9.80 Å². The van der Waals surface area contributed by atoms with Crippen LogP contribution in [-0.2, 0) is 9.59 Å². The van der Waals surface area contributed by atoms with Crippen LogP contribution in [0, 0.1) is 5.41 Å². The van der Waals surface area contributed by atoms with E-state index in [1.165, 1.54) is 24.5 Å². The third-order valence-corrected chi connectivity index (χ3v) is 4.62. The molecule has 0 aromatic rings. The molecular formula is C18H30N2O2. The Balaban J connectivity index is 2.65. The highest BCUT2D eigenvalue weighted by Crippen LogP contribution is 2.40. The van der Waals surface area contributed by atoms with E-state index in [0.29, 0.717) is 13.1 Å². The van der Waals surface area contributed by atoms with E-state index in [4.69, 9.17) is 0 Å². The zero-order valence-electron chi connectivity index (χ0n) is 14.9. The lowest BCUT2D eigenvalue weighted by Crippen LogP contribution is -2.35. The van der Waals surface area contributed by atoms with Gasteiger partial charge in [0.15, 0.2) is 0 Å². The van der Waals surface area contributed by atoms with Gasteiger partial charge in [0.25, 0.3) is 0 Å². The smallest absolute Gasteiger partial charge is 0.246 e. The van der Waals surface area contributed by atoms with Crippen molar-refractivity contribution < 1.29 is 9.59 Å². The highest BCUT2D eigenvalue weighted by atomic mass is 16.2. The van der Waals surface area contributed by atoms with Gasteiger partial charge in [-0.2, -0.15) is 0 Å². The lowest BCUT2D eigenvalue weighted by molar-refractivity contribution is -0.130. The van der Waals surface area contributed by atoms with Crippen molar-refractivity contribution in [3.8, 4) is 0 Å². The molecule has 0 N–H and O–H groups in total. The molecule has 4 heteroatoms. The maximum atomic E-state index is 12.2. The molecule has 0 aliphatic heterocycles. The second-order valence-electron chi connectivity index (χ2n) is 6.97. The van der Waals surface area contributed by atoms with Crippen molar-refractivity contribution in [1.29, 1.82) is 0 Å². The van der Waals surface area contributed by atoms with E-state index in [9.17, 15) is 9.59 Å². The average Bonchev–Trinajstić information content (AvgIpc) is 2.42. The Hall–Kier alpha value is -1.58. The molecule has 0 saturated carbocycles. The van der Waals surface area contributed by atoms with E-state index < -0.39 is 0 Å². The summed E-state index contributed by atoms with van der Waals surface area (Å²) in [6.45, 7) is 9.27. The molecule has 1 aliphatic rings. The fraction of sp³-hybridized carbons (Fsp3) is 0.667. The minimum absolute atomic E-state index is 0.0149. The van der Waals surface area contributed by atoms with Gasteiger partial charge in [0, 0.05) is 40.2 Å². The number of allylic oxidation sites excluding steroid dienone is 3. The van der Waals surface area contributed by atoms with Gasteiger partial charge >= 0.3 is 0 Å². The number of rotatable bonds is 5. The summed E-state index contributed by atoms with van der Waals surface area (Å²) in [5, 5.41) is 0. The number of likely N-dealkylation sites (N-methyl/N-ethyl adjacent to an activating group) is 2. The molecule has 0 bridgehead atoms. The van der Waals surface area contributed by atoms with Crippen LogP contribution in [0.15, 0.2) is 23.3 Å². The van der Waals surface area contributed by atoms with E-state index in [2.05, 4.69) is 20.8 Å². The van der Waals surface area contributed by atoms with Crippen LogP contribution < -0.4 is 0 Å². The van der Waals surface area contributed by atoms with Gasteiger partial charge < -0.3 is 9.80 Å². The van der Waals surface area contributed by atoms with Gasteiger partial charge in [0.2, 0.25) is 11.8 Å². The summed E-state index contributed by atoms with van der Waals surface area (Å²) < 4.78 is 0. The van der Waals surface area contributed by atoms with E-state index >= 15 is 0 Å². The van der Waals surface area contributed by atoms with Crippen molar-refractivity contribution >= 4 is 11.8 Å². The van der Waals surface area contributed by atoms with E-state index in [1.54, 1.807) is 30.0 Å². The largest absolute Gasteiger partial charge is 0.344 e. The zero-order valence-corrected chi connectivity index (χ0v) is 14.9. The van der Waals surface area contributed by atoms with Crippen LogP contribution in [0.4, 0.5) is 0 Å². The summed E-state index contributed by atoms with van der Waals surface area (Å²) in [5.41, 5.74) is 2.83. The molecular weight excluding hydrogens is 276 g/mol. The number of hydrogen-bond donors (Lipinski definition) is 0. The van der Waals surface area contributed by atoms with E-state index in [-0.39, 0.29) is 17.2 Å². The summed E-state index contributed by atoms with van der Waals surface area (Å²) >= 11 is 0. The molecule has 0 atom stereocenters. The van der Waals surface area contributed by atoms with Gasteiger partial charge in [-0.3, -0.25) is 9.59 Å². The maximum Gasteiger partial charge on any atom is 0.246 e. The number of carbonyl (C=O) groups is 2. The summed E-state index contributed by atoms with van der Waals surface area (Å²) in [5.74, 6) is -0.000230. The number of carbonyl (C=O) groups excluding carboxylic acids is 2. The Morgan fingerprint density at radius 2 is 1.77 bits per heavy atom. The highest BCUT2D eigenvalue weighted by Gasteiger charge is 2.26. The van der Waals surface area contributed by atoms with Crippen LogP contribution in [0.5, 0.6) is 0 Å². The average molecular weight is 306 g/mol. The quantitative estimate of drug-likeness (QED) is 0.733. The standard InChI is InChI=1S/C18H30N2O2/c1-14-8-7-11-18(3,4)16(14)9-10-17(22)20(6)13-12-19(5)15(2)21/h9-10H,7-8,11-13H2,1-6H3/b10-9+. The van der Waals surface area contributed by atoms with Crippen molar-refractivity contribution in [3.63, 3.8) is 0 Å². The maximum absolute atomic E-state index is 12.2. The first-order valence-electron chi connectivity index (χ1n) is 8.00. The van der Waals surface area contributed by atoms with E-state index in [0.717, 1.165) is 12.8 Å². The Morgan fingerprint density at radius 3 is 2.32 bits per heavy atom. The molecule has 0 unspecified atom stereocenters. The molecule has 0 aromatic heterocycles. The van der Waals surface area contributed by atoms with Crippen LogP contribution in [0.3, 0.4) is 0 Å². The Morgan fingerprint density at radius 1 is 1.18 bits per heavy atom. The lowest BCUT2D eigenvalue weighted by atomic mass is 9.72. The molecule has 1 rings (SSSR count). The monoisotopic (exact) mass is 306 g/mol. The van der Waals surface area contributed by atoms with Gasteiger partial charge in [-0.25, -0.2) is 0 Å². The molecule has 0 heterocycles. The Bertz CT molecular complexity index is 489. The van der Waals surface area contributed by atoms with Gasteiger partial charge in [0.05, 0.1) is 0 Å². The highest BCUT2D eigenvalue weighted by molar-refractivity contribution is 5.88. The van der Waals surface area contributed by atoms with E-state index in [1.807, 2.05) is 6.08 Å². The topological polar surface area (TPSA) is 40.6 Å². The molecule has 0 radical (unpaired) electrons. The normalized spacial score (nSPS) is 17.7. The summed E-state index contributed by atoms with van der Waals surface area (Å²) in [4.78, 5) is 26.6. The molecule has 0 spiro atoms. The molecule has 0 aromatic carbocycles. The van der Waals surface area contributed by atoms with Crippen LogP contribution in [0.2, 0.25) is 0 Å². The number of hydrogen-bond acceptors (Lipinski definition) is 2. The molecule has 124 valence electrons. The zero-order chi connectivity index (χ0) is 16.9. The fourth-order valence-electron chi connectivity index (χ4n) is 2.86. The van der Waals surface area contributed by atoms with Gasteiger partial charge in [-0.05, 0) is 37.2 Å². The van der Waals surface area contributed by atoms with Gasteiger partial charge in [0.1, 0.15) is 0 Å². The Kier molecular flexibility index (Phi) is 6.39. The first-order valence-corrected chi connectivity index (χ1v) is 8.00. The third-order valence-electron chi connectivity index (χ3n) is 4.62. The summed E-state index contributed by atoms with van der Waals surface area (Å²) in [7, 11) is 3.52. The number of amides is 2. The molecule has 22 heavy (non-hydrogen) atoms. The fourth-order valence-corrected chi connectivity index (χ4v) is 2.86. The van der Waals surface area contributed by atoms with Crippen molar-refractivity contribution in [2.24, 2.45) is 5.41 Å². The van der Waals surface area contributed by atoms with Crippen LogP contribution in [-0.4, -0.2) is 48.8 Å². The Labute approximate surface area is 134 Å². The first kappa shape index (κ1) is 18.5. The predicted molar refractivity (Wildman–Crippen MR) is 90.4 cm³/mol. The second kappa shape index (κ2) is 7.61. The van der Waals surface area contributed by atoms with Crippen molar-refractivity contribution in [2.75, 3.05) is 27.2 Å². The summed E-state index contributed by atoms with van der Waals surface area (Å²) in [6.07, 6.45) is 7.16. The molecule has 2 amide bonds. The summed E-state index contributed by atoms with van der Waals surface area (Å²) in [6, 6.07) is 0. The minimum atomic E-state index is -0.0152. The third kappa shape index (κ3) is 5.00. The first-order chi connectivity index (χ1) is 10.1. The van der Waals surface area contributed by atoms with Crippen molar-refractivity contribution in [2.45, 2.75) is 47.0 Å².